The van der Waals surface area contributed by atoms with E-state index in [1.807, 2.05) is 0 Å². The van der Waals surface area contributed by atoms with Crippen LogP contribution in [0, 0.1) is 5.92 Å². The highest BCUT2D eigenvalue weighted by atomic mass is 35.5. The Morgan fingerprint density at radius 3 is 2.60 bits per heavy atom. The van der Waals surface area contributed by atoms with Crippen molar-refractivity contribution in [2.45, 2.75) is 43.0 Å². The van der Waals surface area contributed by atoms with Gasteiger partial charge in [-0.2, -0.15) is 0 Å². The molecule has 0 amide bonds. The third kappa shape index (κ3) is 3.52. The molecule has 2 rings (SSSR count). The normalized spacial score (nSPS) is 27.4. The Bertz CT molecular complexity index is 558. The molecule has 0 bridgehead atoms. The van der Waals surface area contributed by atoms with Crippen molar-refractivity contribution in [3.05, 3.63) is 29.3 Å². The molecule has 2 N–H and O–H groups in total. The summed E-state index contributed by atoms with van der Waals surface area (Å²) in [6.45, 7) is 1.91. The zero-order chi connectivity index (χ0) is 14.8. The lowest BCUT2D eigenvalue weighted by Crippen LogP contribution is -2.53. The van der Waals surface area contributed by atoms with E-state index in [0.29, 0.717) is 23.8 Å². The lowest BCUT2D eigenvalue weighted by Gasteiger charge is -2.38. The van der Waals surface area contributed by atoms with Gasteiger partial charge in [-0.3, -0.25) is 0 Å². The van der Waals surface area contributed by atoms with Crippen LogP contribution in [-0.4, -0.2) is 25.7 Å². The number of halogens is 1. The summed E-state index contributed by atoms with van der Waals surface area (Å²) in [6, 6.07) is 6.04. The second-order valence-electron chi connectivity index (χ2n) is 5.70. The molecule has 0 aliphatic heterocycles. The number of nitrogens with one attached hydrogen (secondary N) is 1. The Balaban J connectivity index is 2.23. The van der Waals surface area contributed by atoms with E-state index in [1.165, 1.54) is 12.1 Å². The first kappa shape index (κ1) is 15.8. The van der Waals surface area contributed by atoms with Gasteiger partial charge in [0.1, 0.15) is 0 Å². The molecule has 1 aromatic rings. The molecule has 1 saturated carbocycles. The zero-order valence-electron chi connectivity index (χ0n) is 11.5. The minimum atomic E-state index is -3.64. The van der Waals surface area contributed by atoms with Gasteiger partial charge in [-0.25, -0.2) is 13.1 Å². The highest BCUT2D eigenvalue weighted by molar-refractivity contribution is 7.89. The molecule has 1 fully saturated rings. The molecule has 0 spiro atoms. The molecular formula is C14H20ClNO3S. The van der Waals surface area contributed by atoms with Gasteiger partial charge in [-0.1, -0.05) is 31.4 Å². The van der Waals surface area contributed by atoms with E-state index in [2.05, 4.69) is 11.6 Å². The van der Waals surface area contributed by atoms with E-state index in [9.17, 15) is 13.5 Å². The topological polar surface area (TPSA) is 66.4 Å². The van der Waals surface area contributed by atoms with E-state index >= 15 is 0 Å². The number of aliphatic hydroxyl groups excluding tert-OH is 1. The largest absolute Gasteiger partial charge is 0.394 e. The molecule has 1 aliphatic carbocycles. The van der Waals surface area contributed by atoms with Crippen LogP contribution in [0.4, 0.5) is 0 Å². The number of rotatable bonds is 4. The fraction of sp³-hybridized carbons (Fsp3) is 0.571. The van der Waals surface area contributed by atoms with Crippen LogP contribution in [-0.2, 0) is 10.0 Å². The van der Waals surface area contributed by atoms with E-state index in [-0.39, 0.29) is 11.5 Å². The van der Waals surface area contributed by atoms with Gasteiger partial charge in [-0.15, -0.1) is 0 Å². The molecule has 112 valence electrons. The second kappa shape index (κ2) is 6.02. The molecule has 0 heterocycles. The van der Waals surface area contributed by atoms with Gasteiger partial charge in [0.05, 0.1) is 17.0 Å². The summed E-state index contributed by atoms with van der Waals surface area (Å²) in [5, 5.41) is 10.2. The molecule has 2 atom stereocenters. The fourth-order valence-electron chi connectivity index (χ4n) is 2.89. The Morgan fingerprint density at radius 1 is 1.40 bits per heavy atom. The standard InChI is InChI=1S/C14H20ClNO3S/c1-11-3-2-8-14(9-11,10-17)16-20(18,19)13-6-4-12(15)5-7-13/h4-7,11,16-17H,2-3,8-10H2,1H3. The molecule has 1 aliphatic rings. The van der Waals surface area contributed by atoms with Crippen LogP contribution in [0.25, 0.3) is 0 Å². The Kier molecular flexibility index (Phi) is 4.74. The van der Waals surface area contributed by atoms with Crippen molar-refractivity contribution in [2.75, 3.05) is 6.61 Å². The average molecular weight is 318 g/mol. The van der Waals surface area contributed by atoms with Crippen LogP contribution in [0.1, 0.15) is 32.6 Å². The monoisotopic (exact) mass is 317 g/mol. The molecule has 20 heavy (non-hydrogen) atoms. The molecule has 0 saturated heterocycles. The van der Waals surface area contributed by atoms with Crippen molar-refractivity contribution in [3.63, 3.8) is 0 Å². The van der Waals surface area contributed by atoms with Gasteiger partial charge in [0.25, 0.3) is 0 Å². The van der Waals surface area contributed by atoms with Gasteiger partial charge in [0.15, 0.2) is 0 Å². The molecule has 6 heteroatoms. The van der Waals surface area contributed by atoms with Crippen molar-refractivity contribution in [1.29, 1.82) is 0 Å². The van der Waals surface area contributed by atoms with Crippen molar-refractivity contribution in [1.82, 2.24) is 4.72 Å². The van der Waals surface area contributed by atoms with Crippen molar-refractivity contribution in [3.8, 4) is 0 Å². The summed E-state index contributed by atoms with van der Waals surface area (Å²) in [5.74, 6) is 0.406. The van der Waals surface area contributed by atoms with Crippen LogP contribution in [0.2, 0.25) is 5.02 Å². The van der Waals surface area contributed by atoms with Crippen LogP contribution < -0.4 is 4.72 Å². The molecule has 4 nitrogen and oxygen atoms in total. The van der Waals surface area contributed by atoms with Crippen LogP contribution in [0.5, 0.6) is 0 Å². The SMILES string of the molecule is CC1CCCC(CO)(NS(=O)(=O)c2ccc(Cl)cc2)C1. The van der Waals surface area contributed by atoms with E-state index in [4.69, 9.17) is 11.6 Å². The summed E-state index contributed by atoms with van der Waals surface area (Å²) in [4.78, 5) is 0.174. The maximum absolute atomic E-state index is 12.4. The number of hydrogen-bond acceptors (Lipinski definition) is 3. The zero-order valence-corrected chi connectivity index (χ0v) is 13.0. The Hall–Kier alpha value is -0.620. The highest BCUT2D eigenvalue weighted by Gasteiger charge is 2.38. The van der Waals surface area contributed by atoms with Crippen LogP contribution in [0.15, 0.2) is 29.2 Å². The second-order valence-corrected chi connectivity index (χ2v) is 7.82. The minimum absolute atomic E-state index is 0.174. The molecular weight excluding hydrogens is 298 g/mol. The molecule has 0 radical (unpaired) electrons. The number of sulfonamides is 1. The first-order chi connectivity index (χ1) is 9.37. The first-order valence-electron chi connectivity index (χ1n) is 6.77. The van der Waals surface area contributed by atoms with E-state index in [0.717, 1.165) is 12.8 Å². The maximum atomic E-state index is 12.4. The van der Waals surface area contributed by atoms with Gasteiger partial charge < -0.3 is 5.11 Å². The number of hydrogen-bond donors (Lipinski definition) is 2. The lowest BCUT2D eigenvalue weighted by molar-refractivity contribution is 0.120. The third-order valence-corrected chi connectivity index (χ3v) is 5.72. The van der Waals surface area contributed by atoms with Crippen LogP contribution >= 0.6 is 11.6 Å². The van der Waals surface area contributed by atoms with Gasteiger partial charge >= 0.3 is 0 Å². The first-order valence-corrected chi connectivity index (χ1v) is 8.63. The van der Waals surface area contributed by atoms with Gasteiger partial charge in [-0.05, 0) is 43.0 Å². The summed E-state index contributed by atoms with van der Waals surface area (Å²) >= 11 is 5.77. The molecule has 2 unspecified atom stereocenters. The summed E-state index contributed by atoms with van der Waals surface area (Å²) in [7, 11) is -3.64. The van der Waals surface area contributed by atoms with Gasteiger partial charge in [0.2, 0.25) is 10.0 Å². The molecule has 0 aromatic heterocycles. The Labute approximate surface area is 125 Å². The predicted molar refractivity (Wildman–Crippen MR) is 79.2 cm³/mol. The smallest absolute Gasteiger partial charge is 0.241 e. The average Bonchev–Trinajstić information content (AvgIpc) is 2.38. The highest BCUT2D eigenvalue weighted by Crippen LogP contribution is 2.33. The summed E-state index contributed by atoms with van der Waals surface area (Å²) < 4.78 is 27.5. The Morgan fingerprint density at radius 2 is 2.05 bits per heavy atom. The summed E-state index contributed by atoms with van der Waals surface area (Å²) in [6.07, 6.45) is 3.33. The maximum Gasteiger partial charge on any atom is 0.241 e. The van der Waals surface area contributed by atoms with E-state index in [1.54, 1.807) is 12.1 Å². The quantitative estimate of drug-likeness (QED) is 0.897. The lowest BCUT2D eigenvalue weighted by atomic mass is 9.78. The third-order valence-electron chi connectivity index (χ3n) is 3.87. The van der Waals surface area contributed by atoms with Crippen molar-refractivity contribution >= 4 is 21.6 Å². The molecule has 1 aromatic carbocycles. The number of benzene rings is 1. The van der Waals surface area contributed by atoms with Crippen LogP contribution in [0.3, 0.4) is 0 Å². The minimum Gasteiger partial charge on any atom is -0.394 e. The van der Waals surface area contributed by atoms with Gasteiger partial charge in [0, 0.05) is 5.02 Å². The van der Waals surface area contributed by atoms with Crippen molar-refractivity contribution < 1.29 is 13.5 Å². The fourth-order valence-corrected chi connectivity index (χ4v) is 4.44. The van der Waals surface area contributed by atoms with Crippen molar-refractivity contribution in [2.24, 2.45) is 5.92 Å². The summed E-state index contributed by atoms with van der Waals surface area (Å²) in [5.41, 5.74) is -0.740. The number of aliphatic hydroxyl groups is 1. The van der Waals surface area contributed by atoms with E-state index < -0.39 is 15.6 Å². The predicted octanol–water partition coefficient (Wildman–Crippen LogP) is 2.56.